The molecule has 0 saturated carbocycles. The van der Waals surface area contributed by atoms with E-state index in [0.717, 1.165) is 24.6 Å². The molecule has 0 saturated heterocycles. The largest absolute Gasteiger partial charge is 0.493 e. The molecule has 3 nitrogen and oxygen atoms in total. The number of hydrogen-bond donors (Lipinski definition) is 1. The van der Waals surface area contributed by atoms with Crippen LogP contribution in [0, 0.1) is 0 Å². The Kier molecular flexibility index (Phi) is 6.98. The smallest absolute Gasteiger partial charge is 0.161 e. The molecule has 1 aromatic rings. The monoisotopic (exact) mass is 269 g/mol. The van der Waals surface area contributed by atoms with E-state index < -0.39 is 0 Å². The maximum absolute atomic E-state index is 5.34. The third-order valence-electron chi connectivity index (χ3n) is 2.81. The van der Waals surface area contributed by atoms with E-state index in [9.17, 15) is 0 Å². The Morgan fingerprint density at radius 2 is 1.83 bits per heavy atom. The van der Waals surface area contributed by atoms with Crippen LogP contribution in [-0.2, 0) is 6.54 Å². The highest BCUT2D eigenvalue weighted by Crippen LogP contribution is 2.34. The molecule has 1 rings (SSSR count). The van der Waals surface area contributed by atoms with Crippen LogP contribution in [0.15, 0.2) is 17.0 Å². The minimum absolute atomic E-state index is 0.791. The summed E-state index contributed by atoms with van der Waals surface area (Å²) in [5.74, 6) is 1.58. The Morgan fingerprint density at radius 1 is 1.17 bits per heavy atom. The molecular weight excluding hydrogens is 246 g/mol. The van der Waals surface area contributed by atoms with Crippen molar-refractivity contribution in [3.63, 3.8) is 0 Å². The molecule has 0 unspecified atom stereocenters. The molecule has 0 radical (unpaired) electrons. The summed E-state index contributed by atoms with van der Waals surface area (Å²) < 4.78 is 10.7. The maximum atomic E-state index is 5.34. The molecule has 0 heterocycles. The number of ether oxygens (including phenoxy) is 2. The molecule has 0 spiro atoms. The van der Waals surface area contributed by atoms with Crippen LogP contribution in [0.5, 0.6) is 11.5 Å². The SMILES string of the molecule is CCCCNCc1cc(OC)c(OC)cc1SC. The topological polar surface area (TPSA) is 30.5 Å². The first-order chi connectivity index (χ1) is 8.76. The molecule has 0 aliphatic rings. The summed E-state index contributed by atoms with van der Waals surface area (Å²) in [7, 11) is 3.34. The Morgan fingerprint density at radius 3 is 2.39 bits per heavy atom. The van der Waals surface area contributed by atoms with E-state index in [1.165, 1.54) is 23.3 Å². The van der Waals surface area contributed by atoms with E-state index >= 15 is 0 Å². The lowest BCUT2D eigenvalue weighted by molar-refractivity contribution is 0.353. The highest BCUT2D eigenvalue weighted by atomic mass is 32.2. The van der Waals surface area contributed by atoms with Crippen LogP contribution in [0.1, 0.15) is 25.3 Å². The molecule has 0 fully saturated rings. The molecule has 18 heavy (non-hydrogen) atoms. The van der Waals surface area contributed by atoms with Crippen LogP contribution in [0.25, 0.3) is 0 Å². The van der Waals surface area contributed by atoms with E-state index in [1.54, 1.807) is 26.0 Å². The van der Waals surface area contributed by atoms with E-state index in [2.05, 4.69) is 24.6 Å². The van der Waals surface area contributed by atoms with Gasteiger partial charge in [0.1, 0.15) is 0 Å². The molecule has 4 heteroatoms. The predicted molar refractivity (Wildman–Crippen MR) is 77.9 cm³/mol. The van der Waals surface area contributed by atoms with Crippen molar-refractivity contribution in [3.8, 4) is 11.5 Å². The Bertz CT molecular complexity index is 369. The fourth-order valence-corrected chi connectivity index (χ4v) is 2.37. The van der Waals surface area contributed by atoms with Gasteiger partial charge in [-0.15, -0.1) is 11.8 Å². The van der Waals surface area contributed by atoms with Gasteiger partial charge in [0.15, 0.2) is 11.5 Å². The summed E-state index contributed by atoms with van der Waals surface area (Å²) in [6.07, 6.45) is 4.51. The van der Waals surface area contributed by atoms with Gasteiger partial charge < -0.3 is 14.8 Å². The van der Waals surface area contributed by atoms with Crippen LogP contribution >= 0.6 is 11.8 Å². The number of benzene rings is 1. The lowest BCUT2D eigenvalue weighted by atomic mass is 10.2. The first-order valence-electron chi connectivity index (χ1n) is 6.26. The summed E-state index contributed by atoms with van der Waals surface area (Å²) in [4.78, 5) is 1.23. The highest BCUT2D eigenvalue weighted by Gasteiger charge is 2.10. The van der Waals surface area contributed by atoms with Crippen LogP contribution < -0.4 is 14.8 Å². The molecule has 102 valence electrons. The van der Waals surface area contributed by atoms with Crippen LogP contribution in [0.2, 0.25) is 0 Å². The fourth-order valence-electron chi connectivity index (χ4n) is 1.76. The normalized spacial score (nSPS) is 10.4. The average Bonchev–Trinajstić information content (AvgIpc) is 2.42. The van der Waals surface area contributed by atoms with Crippen molar-refractivity contribution in [3.05, 3.63) is 17.7 Å². The third-order valence-corrected chi connectivity index (χ3v) is 3.63. The van der Waals surface area contributed by atoms with Crippen molar-refractivity contribution in [1.29, 1.82) is 0 Å². The van der Waals surface area contributed by atoms with E-state index in [0.29, 0.717) is 0 Å². The van der Waals surface area contributed by atoms with Crippen LogP contribution in [-0.4, -0.2) is 27.0 Å². The second-order valence-electron chi connectivity index (χ2n) is 4.05. The van der Waals surface area contributed by atoms with Gasteiger partial charge in [-0.3, -0.25) is 0 Å². The zero-order chi connectivity index (χ0) is 13.4. The number of unbranched alkanes of at least 4 members (excludes halogenated alkanes) is 1. The van der Waals surface area contributed by atoms with Crippen molar-refractivity contribution in [2.45, 2.75) is 31.2 Å². The number of nitrogens with one attached hydrogen (secondary N) is 1. The highest BCUT2D eigenvalue weighted by molar-refractivity contribution is 7.98. The second-order valence-corrected chi connectivity index (χ2v) is 4.90. The number of methoxy groups -OCH3 is 2. The molecule has 1 N–H and O–H groups in total. The zero-order valence-corrected chi connectivity index (χ0v) is 12.5. The molecule has 0 amide bonds. The van der Waals surface area contributed by atoms with E-state index in [1.807, 2.05) is 6.07 Å². The zero-order valence-electron chi connectivity index (χ0n) is 11.7. The lowest BCUT2D eigenvalue weighted by Crippen LogP contribution is -2.15. The Balaban J connectivity index is 2.81. The fraction of sp³-hybridized carbons (Fsp3) is 0.571. The van der Waals surface area contributed by atoms with Gasteiger partial charge in [0.25, 0.3) is 0 Å². The Hall–Kier alpha value is -0.870. The molecule has 1 aromatic carbocycles. The van der Waals surface area contributed by atoms with Gasteiger partial charge in [-0.25, -0.2) is 0 Å². The average molecular weight is 269 g/mol. The first-order valence-corrected chi connectivity index (χ1v) is 7.48. The summed E-state index contributed by atoms with van der Waals surface area (Å²) in [5.41, 5.74) is 1.26. The number of thioether (sulfide) groups is 1. The molecule has 0 bridgehead atoms. The van der Waals surface area contributed by atoms with Gasteiger partial charge >= 0.3 is 0 Å². The van der Waals surface area contributed by atoms with Gasteiger partial charge in [0.05, 0.1) is 14.2 Å². The molecular formula is C14H23NO2S. The van der Waals surface area contributed by atoms with Crippen molar-refractivity contribution in [1.82, 2.24) is 5.32 Å². The van der Waals surface area contributed by atoms with Crippen molar-refractivity contribution in [2.75, 3.05) is 27.0 Å². The third kappa shape index (κ3) is 4.10. The minimum Gasteiger partial charge on any atom is -0.493 e. The number of hydrogen-bond acceptors (Lipinski definition) is 4. The predicted octanol–water partition coefficient (Wildman–Crippen LogP) is 3.32. The van der Waals surface area contributed by atoms with Crippen molar-refractivity contribution < 1.29 is 9.47 Å². The van der Waals surface area contributed by atoms with Gasteiger partial charge in [0.2, 0.25) is 0 Å². The van der Waals surface area contributed by atoms with Crippen LogP contribution in [0.3, 0.4) is 0 Å². The van der Waals surface area contributed by atoms with Gasteiger partial charge in [-0.05, 0) is 36.9 Å². The molecule has 0 aliphatic heterocycles. The number of rotatable bonds is 8. The minimum atomic E-state index is 0.791. The second kappa shape index (κ2) is 8.27. The Labute approximate surface area is 114 Å². The van der Waals surface area contributed by atoms with E-state index in [-0.39, 0.29) is 0 Å². The molecule has 0 aliphatic carbocycles. The summed E-state index contributed by atoms with van der Waals surface area (Å²) in [6, 6.07) is 4.10. The van der Waals surface area contributed by atoms with Gasteiger partial charge in [-0.1, -0.05) is 13.3 Å². The molecule has 0 aromatic heterocycles. The van der Waals surface area contributed by atoms with Gasteiger partial charge in [0, 0.05) is 11.4 Å². The van der Waals surface area contributed by atoms with Crippen molar-refractivity contribution >= 4 is 11.8 Å². The van der Waals surface area contributed by atoms with Crippen molar-refractivity contribution in [2.24, 2.45) is 0 Å². The lowest BCUT2D eigenvalue weighted by Gasteiger charge is -2.14. The van der Waals surface area contributed by atoms with Crippen LogP contribution in [0.4, 0.5) is 0 Å². The summed E-state index contributed by atoms with van der Waals surface area (Å²) in [5, 5.41) is 3.46. The molecule has 0 atom stereocenters. The maximum Gasteiger partial charge on any atom is 0.161 e. The van der Waals surface area contributed by atoms with Gasteiger partial charge in [-0.2, -0.15) is 0 Å². The first kappa shape index (κ1) is 15.2. The standard InChI is InChI=1S/C14H23NO2S/c1-5-6-7-15-10-11-8-12(16-2)13(17-3)9-14(11)18-4/h8-9,15H,5-7,10H2,1-4H3. The summed E-state index contributed by atoms with van der Waals surface area (Å²) in [6.45, 7) is 4.13. The summed E-state index contributed by atoms with van der Waals surface area (Å²) >= 11 is 1.73. The van der Waals surface area contributed by atoms with E-state index in [4.69, 9.17) is 9.47 Å². The quantitative estimate of drug-likeness (QED) is 0.579.